The number of likely N-dealkylation sites (tertiary alicyclic amines) is 1. The Hall–Kier alpha value is -0.0800. The van der Waals surface area contributed by atoms with Crippen molar-refractivity contribution in [3.63, 3.8) is 0 Å². The molecule has 0 bridgehead atoms. The Kier molecular flexibility index (Phi) is 3.96. The Labute approximate surface area is 89.1 Å². The van der Waals surface area contributed by atoms with Crippen molar-refractivity contribution in [3.8, 4) is 0 Å². The summed E-state index contributed by atoms with van der Waals surface area (Å²) in [6, 6.07) is 0.808. The van der Waals surface area contributed by atoms with Gasteiger partial charge in [0.2, 0.25) is 0 Å². The van der Waals surface area contributed by atoms with Crippen LogP contribution in [0.1, 0.15) is 40.5 Å². The van der Waals surface area contributed by atoms with Crippen molar-refractivity contribution in [1.82, 2.24) is 10.2 Å². The Morgan fingerprint density at radius 1 is 1.43 bits per heavy atom. The average Bonchev–Trinajstić information content (AvgIpc) is 2.51. The minimum absolute atomic E-state index is 0.248. The first-order valence-corrected chi connectivity index (χ1v) is 5.89. The lowest BCUT2D eigenvalue weighted by Gasteiger charge is -2.35. The van der Waals surface area contributed by atoms with Crippen LogP contribution in [0, 0.1) is 5.92 Å². The van der Waals surface area contributed by atoms with Gasteiger partial charge in [-0.05, 0) is 46.2 Å². The third kappa shape index (κ3) is 2.96. The van der Waals surface area contributed by atoms with E-state index in [4.69, 9.17) is 0 Å². The number of likely N-dealkylation sites (N-methyl/N-ethyl adjacent to an activating group) is 1. The number of rotatable bonds is 4. The van der Waals surface area contributed by atoms with E-state index in [1.165, 1.54) is 25.9 Å². The molecule has 1 atom stereocenters. The molecule has 0 saturated carbocycles. The normalized spacial score (nSPS) is 24.9. The lowest BCUT2D eigenvalue weighted by Crippen LogP contribution is -2.49. The molecular formula is C12H26N2. The van der Waals surface area contributed by atoms with Gasteiger partial charge in [-0.25, -0.2) is 0 Å². The lowest BCUT2D eigenvalue weighted by atomic mass is 9.99. The molecule has 1 aliphatic heterocycles. The van der Waals surface area contributed by atoms with Crippen LogP contribution in [0.2, 0.25) is 0 Å². The van der Waals surface area contributed by atoms with E-state index in [0.717, 1.165) is 12.0 Å². The van der Waals surface area contributed by atoms with E-state index in [-0.39, 0.29) is 5.54 Å². The molecule has 0 amide bonds. The van der Waals surface area contributed by atoms with Gasteiger partial charge < -0.3 is 5.32 Å². The summed E-state index contributed by atoms with van der Waals surface area (Å²) in [6.07, 6.45) is 2.76. The highest BCUT2D eigenvalue weighted by molar-refractivity contribution is 4.88. The van der Waals surface area contributed by atoms with Crippen molar-refractivity contribution >= 4 is 0 Å². The minimum Gasteiger partial charge on any atom is -0.314 e. The van der Waals surface area contributed by atoms with Gasteiger partial charge in [0, 0.05) is 18.1 Å². The molecule has 2 nitrogen and oxygen atoms in total. The third-order valence-electron chi connectivity index (χ3n) is 3.46. The van der Waals surface area contributed by atoms with Crippen molar-refractivity contribution in [3.05, 3.63) is 0 Å². The van der Waals surface area contributed by atoms with Crippen LogP contribution in [-0.2, 0) is 0 Å². The van der Waals surface area contributed by atoms with Crippen LogP contribution < -0.4 is 5.32 Å². The molecule has 1 N–H and O–H groups in total. The maximum absolute atomic E-state index is 3.39. The van der Waals surface area contributed by atoms with E-state index >= 15 is 0 Å². The molecule has 0 spiro atoms. The van der Waals surface area contributed by atoms with Crippen molar-refractivity contribution in [2.45, 2.75) is 52.1 Å². The third-order valence-corrected chi connectivity index (χ3v) is 3.46. The molecule has 1 aliphatic rings. The van der Waals surface area contributed by atoms with Gasteiger partial charge in [0.15, 0.2) is 0 Å². The summed E-state index contributed by atoms with van der Waals surface area (Å²) in [5, 5.41) is 3.39. The minimum atomic E-state index is 0.248. The second-order valence-corrected chi connectivity index (χ2v) is 5.56. The Balaban J connectivity index is 2.51. The van der Waals surface area contributed by atoms with Crippen molar-refractivity contribution < 1.29 is 0 Å². The van der Waals surface area contributed by atoms with Gasteiger partial charge >= 0.3 is 0 Å². The topological polar surface area (TPSA) is 15.3 Å². The molecule has 14 heavy (non-hydrogen) atoms. The Morgan fingerprint density at radius 3 is 2.57 bits per heavy atom. The maximum atomic E-state index is 3.39. The molecule has 1 unspecified atom stereocenters. The standard InChI is InChI=1S/C12H26N2/c1-10(2)11-7-6-8-14(11)9-12(3,4)13-5/h10-11,13H,6-9H2,1-5H3. The van der Waals surface area contributed by atoms with E-state index in [1.807, 2.05) is 0 Å². The van der Waals surface area contributed by atoms with E-state index in [0.29, 0.717) is 0 Å². The van der Waals surface area contributed by atoms with Crippen LogP contribution in [0.25, 0.3) is 0 Å². The molecule has 1 heterocycles. The fraction of sp³-hybridized carbons (Fsp3) is 1.00. The van der Waals surface area contributed by atoms with Crippen LogP contribution in [0.15, 0.2) is 0 Å². The summed E-state index contributed by atoms with van der Waals surface area (Å²) in [7, 11) is 2.06. The molecule has 1 saturated heterocycles. The van der Waals surface area contributed by atoms with Crippen molar-refractivity contribution in [2.24, 2.45) is 5.92 Å². The van der Waals surface area contributed by atoms with Crippen LogP contribution in [0.3, 0.4) is 0 Å². The summed E-state index contributed by atoms with van der Waals surface area (Å²) >= 11 is 0. The lowest BCUT2D eigenvalue weighted by molar-refractivity contribution is 0.161. The second kappa shape index (κ2) is 4.63. The van der Waals surface area contributed by atoms with Gasteiger partial charge in [-0.2, -0.15) is 0 Å². The molecule has 2 heteroatoms. The molecule has 0 radical (unpaired) electrons. The van der Waals surface area contributed by atoms with Gasteiger partial charge in [-0.3, -0.25) is 4.90 Å². The fourth-order valence-electron chi connectivity index (χ4n) is 2.39. The van der Waals surface area contributed by atoms with Crippen LogP contribution in [0.5, 0.6) is 0 Å². The van der Waals surface area contributed by atoms with Gasteiger partial charge in [0.05, 0.1) is 0 Å². The smallest absolute Gasteiger partial charge is 0.0249 e. The predicted molar refractivity (Wildman–Crippen MR) is 62.6 cm³/mol. The van der Waals surface area contributed by atoms with E-state index < -0.39 is 0 Å². The van der Waals surface area contributed by atoms with E-state index in [9.17, 15) is 0 Å². The molecule has 0 aromatic carbocycles. The van der Waals surface area contributed by atoms with E-state index in [2.05, 4.69) is 45.0 Å². The summed E-state index contributed by atoms with van der Waals surface area (Å²) in [6.45, 7) is 11.7. The van der Waals surface area contributed by atoms with Crippen molar-refractivity contribution in [1.29, 1.82) is 0 Å². The highest BCUT2D eigenvalue weighted by Gasteiger charge is 2.30. The van der Waals surface area contributed by atoms with Gasteiger partial charge in [0.1, 0.15) is 0 Å². The zero-order valence-electron chi connectivity index (χ0n) is 10.4. The quantitative estimate of drug-likeness (QED) is 0.744. The summed E-state index contributed by atoms with van der Waals surface area (Å²) in [5.74, 6) is 0.796. The highest BCUT2D eigenvalue weighted by atomic mass is 15.2. The largest absolute Gasteiger partial charge is 0.314 e. The molecule has 0 aliphatic carbocycles. The molecular weight excluding hydrogens is 172 g/mol. The summed E-state index contributed by atoms with van der Waals surface area (Å²) in [5.41, 5.74) is 0.248. The van der Waals surface area contributed by atoms with Crippen LogP contribution in [0.4, 0.5) is 0 Å². The number of nitrogens with zero attached hydrogens (tertiary/aromatic N) is 1. The zero-order chi connectivity index (χ0) is 10.8. The Bertz CT molecular complexity index is 175. The SMILES string of the molecule is CNC(C)(C)CN1CCCC1C(C)C. The monoisotopic (exact) mass is 198 g/mol. The van der Waals surface area contributed by atoms with Crippen molar-refractivity contribution in [2.75, 3.05) is 20.1 Å². The molecule has 1 rings (SSSR count). The van der Waals surface area contributed by atoms with Gasteiger partial charge in [0.25, 0.3) is 0 Å². The molecule has 0 aromatic rings. The Morgan fingerprint density at radius 2 is 2.07 bits per heavy atom. The number of hydrogen-bond donors (Lipinski definition) is 1. The number of nitrogens with one attached hydrogen (secondary N) is 1. The molecule has 0 aromatic heterocycles. The average molecular weight is 198 g/mol. The predicted octanol–water partition coefficient (Wildman–Crippen LogP) is 2.10. The maximum Gasteiger partial charge on any atom is 0.0249 e. The second-order valence-electron chi connectivity index (χ2n) is 5.56. The van der Waals surface area contributed by atoms with Crippen LogP contribution >= 0.6 is 0 Å². The number of hydrogen-bond acceptors (Lipinski definition) is 2. The van der Waals surface area contributed by atoms with E-state index in [1.54, 1.807) is 0 Å². The zero-order valence-corrected chi connectivity index (χ0v) is 10.4. The first-order chi connectivity index (χ1) is 6.46. The van der Waals surface area contributed by atoms with Gasteiger partial charge in [-0.15, -0.1) is 0 Å². The molecule has 84 valence electrons. The summed E-state index contributed by atoms with van der Waals surface area (Å²) in [4.78, 5) is 2.65. The van der Waals surface area contributed by atoms with Crippen LogP contribution in [-0.4, -0.2) is 36.6 Å². The first-order valence-electron chi connectivity index (χ1n) is 5.89. The highest BCUT2D eigenvalue weighted by Crippen LogP contribution is 2.25. The summed E-state index contributed by atoms with van der Waals surface area (Å²) < 4.78 is 0. The molecule has 1 fully saturated rings. The van der Waals surface area contributed by atoms with Gasteiger partial charge in [-0.1, -0.05) is 13.8 Å². The fourth-order valence-corrected chi connectivity index (χ4v) is 2.39. The first kappa shape index (κ1) is 12.0.